The van der Waals surface area contributed by atoms with Crippen LogP contribution in [0.1, 0.15) is 23.8 Å². The Bertz CT molecular complexity index is 1190. The van der Waals surface area contributed by atoms with Crippen LogP contribution in [0.5, 0.6) is 5.75 Å². The molecule has 0 saturated carbocycles. The monoisotopic (exact) mass is 390 g/mol. The number of hydrogen-bond acceptors (Lipinski definition) is 5. The summed E-state index contributed by atoms with van der Waals surface area (Å²) < 4.78 is 5.41. The first kappa shape index (κ1) is 17.3. The van der Waals surface area contributed by atoms with Crippen LogP contribution in [0.2, 0.25) is 0 Å². The van der Waals surface area contributed by atoms with E-state index in [1.165, 1.54) is 26.8 Å². The second-order valence-electron chi connectivity index (χ2n) is 7.02. The van der Waals surface area contributed by atoms with E-state index in [0.717, 1.165) is 47.8 Å². The highest BCUT2D eigenvalue weighted by molar-refractivity contribution is 7.18. The first-order chi connectivity index (χ1) is 13.8. The minimum atomic E-state index is 0.857. The molecule has 5 rings (SSSR count). The summed E-state index contributed by atoms with van der Waals surface area (Å²) in [5.41, 5.74) is 3.79. The van der Waals surface area contributed by atoms with E-state index in [1.807, 2.05) is 6.07 Å². The summed E-state index contributed by atoms with van der Waals surface area (Å²) in [4.78, 5) is 17.3. The van der Waals surface area contributed by atoms with Crippen molar-refractivity contribution in [2.75, 3.05) is 25.1 Å². The van der Waals surface area contributed by atoms with Crippen molar-refractivity contribution in [3.05, 3.63) is 53.3 Å². The van der Waals surface area contributed by atoms with Gasteiger partial charge in [-0.05, 0) is 42.7 Å². The fourth-order valence-corrected chi connectivity index (χ4v) is 4.85. The number of anilines is 1. The highest BCUT2D eigenvalue weighted by Gasteiger charge is 2.19. The minimum Gasteiger partial charge on any atom is -0.497 e. The van der Waals surface area contributed by atoms with Crippen LogP contribution in [-0.4, -0.2) is 35.2 Å². The molecule has 6 heteroatoms. The first-order valence-corrected chi connectivity index (χ1v) is 10.4. The van der Waals surface area contributed by atoms with Crippen molar-refractivity contribution in [1.29, 1.82) is 0 Å². The number of aromatic amines is 1. The number of benzene rings is 1. The van der Waals surface area contributed by atoms with E-state index >= 15 is 0 Å². The zero-order valence-corrected chi connectivity index (χ0v) is 16.8. The van der Waals surface area contributed by atoms with E-state index in [2.05, 4.69) is 57.2 Å². The number of aryl methyl sites for hydroxylation is 1. The van der Waals surface area contributed by atoms with Crippen molar-refractivity contribution >= 4 is 43.8 Å². The molecule has 1 aromatic carbocycles. The van der Waals surface area contributed by atoms with Gasteiger partial charge < -0.3 is 14.6 Å². The number of nitrogens with one attached hydrogen (secondary N) is 1. The SMILES string of the molecule is CCc1cc2c(N3CC=C(c4c[nH]c5ccc(OC)cc45)CC3)ncnc2s1. The summed E-state index contributed by atoms with van der Waals surface area (Å²) in [5.74, 6) is 1.94. The highest BCUT2D eigenvalue weighted by atomic mass is 32.1. The predicted molar refractivity (Wildman–Crippen MR) is 116 cm³/mol. The average Bonchev–Trinajstić information content (AvgIpc) is 3.37. The number of methoxy groups -OCH3 is 1. The lowest BCUT2D eigenvalue weighted by Gasteiger charge is -2.27. The van der Waals surface area contributed by atoms with Crippen LogP contribution in [0.4, 0.5) is 5.82 Å². The summed E-state index contributed by atoms with van der Waals surface area (Å²) in [7, 11) is 1.71. The van der Waals surface area contributed by atoms with E-state index in [0.29, 0.717) is 0 Å². The molecule has 0 unspecified atom stereocenters. The van der Waals surface area contributed by atoms with Crippen molar-refractivity contribution in [1.82, 2.24) is 15.0 Å². The molecule has 5 nitrogen and oxygen atoms in total. The largest absolute Gasteiger partial charge is 0.497 e. The van der Waals surface area contributed by atoms with E-state index < -0.39 is 0 Å². The van der Waals surface area contributed by atoms with Crippen LogP contribution >= 0.6 is 11.3 Å². The number of H-pyrrole nitrogens is 1. The van der Waals surface area contributed by atoms with Gasteiger partial charge in [-0.3, -0.25) is 0 Å². The lowest BCUT2D eigenvalue weighted by Crippen LogP contribution is -2.29. The van der Waals surface area contributed by atoms with Gasteiger partial charge in [-0.25, -0.2) is 9.97 Å². The summed E-state index contributed by atoms with van der Waals surface area (Å²) in [6.07, 6.45) is 8.15. The molecular weight excluding hydrogens is 368 g/mol. The third-order valence-electron chi connectivity index (χ3n) is 5.45. The molecule has 1 aliphatic rings. The molecule has 4 heterocycles. The number of fused-ring (bicyclic) bond motifs is 2. The Morgan fingerprint density at radius 2 is 2.14 bits per heavy atom. The van der Waals surface area contributed by atoms with Crippen molar-refractivity contribution in [2.24, 2.45) is 0 Å². The zero-order chi connectivity index (χ0) is 19.1. The van der Waals surface area contributed by atoms with E-state index in [9.17, 15) is 0 Å². The molecule has 0 radical (unpaired) electrons. The second kappa shape index (κ2) is 6.95. The molecule has 0 amide bonds. The van der Waals surface area contributed by atoms with Crippen molar-refractivity contribution in [2.45, 2.75) is 19.8 Å². The standard InChI is InChI=1S/C22H22N4OS/c1-3-16-11-18-21(24-13-25-22(18)28-16)26-8-6-14(7-9-26)19-12-23-20-5-4-15(27-2)10-17(19)20/h4-6,10-13,23H,3,7-9H2,1-2H3. The van der Waals surface area contributed by atoms with Gasteiger partial charge in [0.2, 0.25) is 0 Å². The Morgan fingerprint density at radius 3 is 2.93 bits per heavy atom. The topological polar surface area (TPSA) is 54.0 Å². The van der Waals surface area contributed by atoms with E-state index in [-0.39, 0.29) is 0 Å². The molecule has 0 bridgehead atoms. The normalized spacial score (nSPS) is 14.6. The molecule has 0 fully saturated rings. The average molecular weight is 391 g/mol. The van der Waals surface area contributed by atoms with Gasteiger partial charge in [-0.2, -0.15) is 0 Å². The van der Waals surface area contributed by atoms with Crippen LogP contribution in [0.25, 0.3) is 26.7 Å². The molecular formula is C22H22N4OS. The molecule has 1 N–H and O–H groups in total. The Labute approximate surface area is 167 Å². The molecule has 0 aliphatic carbocycles. The Kier molecular flexibility index (Phi) is 4.28. The molecule has 0 atom stereocenters. The quantitative estimate of drug-likeness (QED) is 0.530. The smallest absolute Gasteiger partial charge is 0.141 e. The Balaban J connectivity index is 1.47. The fourth-order valence-electron chi connectivity index (χ4n) is 3.92. The molecule has 0 saturated heterocycles. The van der Waals surface area contributed by atoms with E-state index in [1.54, 1.807) is 24.8 Å². The number of aromatic nitrogens is 3. The lowest BCUT2D eigenvalue weighted by molar-refractivity contribution is 0.415. The molecule has 28 heavy (non-hydrogen) atoms. The number of rotatable bonds is 4. The predicted octanol–water partition coefficient (Wildman–Crippen LogP) is 5.04. The Morgan fingerprint density at radius 1 is 1.21 bits per heavy atom. The molecule has 0 spiro atoms. The molecule has 142 valence electrons. The van der Waals surface area contributed by atoms with Gasteiger partial charge >= 0.3 is 0 Å². The summed E-state index contributed by atoms with van der Waals surface area (Å²) >= 11 is 1.77. The molecule has 1 aliphatic heterocycles. The van der Waals surface area contributed by atoms with E-state index in [4.69, 9.17) is 4.74 Å². The maximum atomic E-state index is 5.41. The highest BCUT2D eigenvalue weighted by Crippen LogP contribution is 2.35. The number of thiophene rings is 1. The van der Waals surface area contributed by atoms with Gasteiger partial charge in [0.1, 0.15) is 22.7 Å². The summed E-state index contributed by atoms with van der Waals surface area (Å²) in [6.45, 7) is 3.99. The summed E-state index contributed by atoms with van der Waals surface area (Å²) in [5, 5.41) is 2.40. The van der Waals surface area contributed by atoms with Crippen LogP contribution in [0.15, 0.2) is 42.9 Å². The lowest BCUT2D eigenvalue weighted by atomic mass is 9.98. The minimum absolute atomic E-state index is 0.857. The van der Waals surface area contributed by atoms with Gasteiger partial charge in [0.15, 0.2) is 0 Å². The maximum absolute atomic E-state index is 5.41. The van der Waals surface area contributed by atoms with Crippen LogP contribution in [-0.2, 0) is 6.42 Å². The number of ether oxygens (including phenoxy) is 1. The van der Waals surface area contributed by atoms with Crippen LogP contribution in [0, 0.1) is 0 Å². The Hall–Kier alpha value is -2.86. The summed E-state index contributed by atoms with van der Waals surface area (Å²) in [6, 6.07) is 8.43. The number of hydrogen-bond donors (Lipinski definition) is 1. The maximum Gasteiger partial charge on any atom is 0.141 e. The van der Waals surface area contributed by atoms with Gasteiger partial charge in [-0.15, -0.1) is 11.3 Å². The second-order valence-corrected chi connectivity index (χ2v) is 8.14. The van der Waals surface area contributed by atoms with Gasteiger partial charge in [0, 0.05) is 40.6 Å². The van der Waals surface area contributed by atoms with Gasteiger partial charge in [-0.1, -0.05) is 13.0 Å². The van der Waals surface area contributed by atoms with Gasteiger partial charge in [0.05, 0.1) is 12.5 Å². The fraction of sp³-hybridized carbons (Fsp3) is 0.273. The van der Waals surface area contributed by atoms with Crippen molar-refractivity contribution < 1.29 is 4.74 Å². The van der Waals surface area contributed by atoms with Crippen LogP contribution < -0.4 is 9.64 Å². The van der Waals surface area contributed by atoms with Gasteiger partial charge in [0.25, 0.3) is 0 Å². The third kappa shape index (κ3) is 2.85. The third-order valence-corrected chi connectivity index (χ3v) is 6.64. The van der Waals surface area contributed by atoms with Crippen LogP contribution in [0.3, 0.4) is 0 Å². The number of nitrogens with zero attached hydrogens (tertiary/aromatic N) is 3. The zero-order valence-electron chi connectivity index (χ0n) is 16.0. The van der Waals surface area contributed by atoms with Crippen molar-refractivity contribution in [3.63, 3.8) is 0 Å². The van der Waals surface area contributed by atoms with Crippen molar-refractivity contribution in [3.8, 4) is 5.75 Å². The first-order valence-electron chi connectivity index (χ1n) is 9.59. The molecule has 3 aromatic heterocycles. The molecule has 4 aromatic rings.